The molecule has 2 aromatic rings. The third-order valence-corrected chi connectivity index (χ3v) is 4.41. The zero-order chi connectivity index (χ0) is 17.6. The van der Waals surface area contributed by atoms with Crippen molar-refractivity contribution in [1.29, 1.82) is 0 Å². The Morgan fingerprint density at radius 2 is 1.84 bits per heavy atom. The summed E-state index contributed by atoms with van der Waals surface area (Å²) < 4.78 is 0. The van der Waals surface area contributed by atoms with Crippen LogP contribution in [0.15, 0.2) is 53.5 Å². The van der Waals surface area contributed by atoms with Crippen LogP contribution in [0.3, 0.4) is 0 Å². The van der Waals surface area contributed by atoms with Crippen LogP contribution < -0.4 is 15.5 Å². The van der Waals surface area contributed by atoms with Gasteiger partial charge in [-0.15, -0.1) is 0 Å². The lowest BCUT2D eigenvalue weighted by Gasteiger charge is -2.22. The van der Waals surface area contributed by atoms with E-state index in [1.165, 1.54) is 11.3 Å². The summed E-state index contributed by atoms with van der Waals surface area (Å²) in [4.78, 5) is 18.6. The van der Waals surface area contributed by atoms with E-state index in [0.29, 0.717) is 23.7 Å². The first-order valence-corrected chi connectivity index (χ1v) is 8.66. The molecule has 25 heavy (non-hydrogen) atoms. The number of para-hydroxylation sites is 1. The van der Waals surface area contributed by atoms with Gasteiger partial charge in [0.05, 0.1) is 0 Å². The second kappa shape index (κ2) is 8.03. The first kappa shape index (κ1) is 17.3. The monoisotopic (exact) mass is 356 g/mol. The van der Waals surface area contributed by atoms with Crippen molar-refractivity contribution in [2.75, 3.05) is 31.6 Å². The van der Waals surface area contributed by atoms with Gasteiger partial charge in [0.2, 0.25) is 0 Å². The number of amides is 1. The second-order valence-electron chi connectivity index (χ2n) is 5.77. The smallest absolute Gasteiger partial charge is 0.251 e. The number of carbonyl (C=O) groups is 1. The second-order valence-corrected chi connectivity index (χ2v) is 6.20. The maximum atomic E-state index is 12.1. The number of aliphatic imine (C=N–C) groups is 1. The fraction of sp³-hybridized carbons (Fsp3) is 0.263. The van der Waals surface area contributed by atoms with Gasteiger partial charge in [0.25, 0.3) is 5.91 Å². The van der Waals surface area contributed by atoms with Gasteiger partial charge < -0.3 is 15.5 Å². The van der Waals surface area contributed by atoms with E-state index >= 15 is 0 Å². The zero-order valence-corrected chi connectivity index (χ0v) is 14.9. The molecule has 0 fully saturated rings. The summed E-state index contributed by atoms with van der Waals surface area (Å²) in [6.07, 6.45) is 1.02. The lowest BCUT2D eigenvalue weighted by molar-refractivity contribution is 0.0954. The van der Waals surface area contributed by atoms with Gasteiger partial charge in [0.1, 0.15) is 0 Å². The predicted octanol–water partition coefficient (Wildman–Crippen LogP) is 2.71. The number of benzene rings is 2. The summed E-state index contributed by atoms with van der Waals surface area (Å²) >= 11 is 5.83. The minimum atomic E-state index is -0.111. The number of nitrogens with zero attached hydrogens (tertiary/aromatic N) is 2. The van der Waals surface area contributed by atoms with Crippen molar-refractivity contribution in [1.82, 2.24) is 10.6 Å². The van der Waals surface area contributed by atoms with E-state index in [9.17, 15) is 4.79 Å². The molecule has 5 nitrogen and oxygen atoms in total. The van der Waals surface area contributed by atoms with Crippen molar-refractivity contribution >= 4 is 29.2 Å². The van der Waals surface area contributed by atoms with Gasteiger partial charge in [-0.05, 0) is 42.3 Å². The van der Waals surface area contributed by atoms with Gasteiger partial charge >= 0.3 is 0 Å². The highest BCUT2D eigenvalue weighted by atomic mass is 35.5. The minimum Gasteiger partial charge on any atom is -0.354 e. The summed E-state index contributed by atoms with van der Waals surface area (Å²) in [5, 5.41) is 6.82. The molecule has 1 aliphatic heterocycles. The normalized spacial score (nSPS) is 13.5. The summed E-state index contributed by atoms with van der Waals surface area (Å²) in [5.74, 6) is 0.714. The van der Waals surface area contributed by atoms with Gasteiger partial charge in [-0.3, -0.25) is 9.79 Å². The largest absolute Gasteiger partial charge is 0.354 e. The SMILES string of the molecule is CN=C(NCCNC(=O)c1ccc(Cl)cc1)N1CCc2ccccc21. The third kappa shape index (κ3) is 4.12. The minimum absolute atomic E-state index is 0.111. The van der Waals surface area contributed by atoms with Crippen LogP contribution in [0.5, 0.6) is 0 Å². The summed E-state index contributed by atoms with van der Waals surface area (Å²) in [6, 6.07) is 15.2. The highest BCUT2D eigenvalue weighted by molar-refractivity contribution is 6.30. The van der Waals surface area contributed by atoms with E-state index < -0.39 is 0 Å². The average molecular weight is 357 g/mol. The number of nitrogens with one attached hydrogen (secondary N) is 2. The van der Waals surface area contributed by atoms with Crippen molar-refractivity contribution in [3.63, 3.8) is 0 Å². The van der Waals surface area contributed by atoms with Gasteiger partial charge in [-0.2, -0.15) is 0 Å². The Balaban J connectivity index is 1.50. The Morgan fingerprint density at radius 3 is 2.60 bits per heavy atom. The van der Waals surface area contributed by atoms with Crippen LogP contribution in [0.1, 0.15) is 15.9 Å². The molecule has 0 spiro atoms. The highest BCUT2D eigenvalue weighted by Crippen LogP contribution is 2.27. The molecule has 3 rings (SSSR count). The molecule has 0 saturated heterocycles. The predicted molar refractivity (Wildman–Crippen MR) is 103 cm³/mol. The van der Waals surface area contributed by atoms with Crippen molar-refractivity contribution in [3.05, 3.63) is 64.7 Å². The van der Waals surface area contributed by atoms with Crippen LogP contribution in [-0.4, -0.2) is 38.5 Å². The topological polar surface area (TPSA) is 56.7 Å². The van der Waals surface area contributed by atoms with Crippen LogP contribution in [0, 0.1) is 0 Å². The fourth-order valence-electron chi connectivity index (χ4n) is 2.91. The number of halogens is 1. The Kier molecular flexibility index (Phi) is 5.56. The molecule has 0 aromatic heterocycles. The number of anilines is 1. The number of hydrogen-bond acceptors (Lipinski definition) is 2. The van der Waals surface area contributed by atoms with Gasteiger partial charge in [-0.25, -0.2) is 0 Å². The Hall–Kier alpha value is -2.53. The molecule has 2 N–H and O–H groups in total. The average Bonchev–Trinajstić information content (AvgIpc) is 3.06. The standard InChI is InChI=1S/C19H21ClN4O/c1-21-19(24-13-10-14-4-2-3-5-17(14)24)23-12-11-22-18(25)15-6-8-16(20)9-7-15/h2-9H,10-13H2,1H3,(H,21,23)(H,22,25). The van der Waals surface area contributed by atoms with E-state index in [4.69, 9.17) is 11.6 Å². The van der Waals surface area contributed by atoms with Crippen molar-refractivity contribution in [2.24, 2.45) is 4.99 Å². The van der Waals surface area contributed by atoms with E-state index in [0.717, 1.165) is 18.9 Å². The van der Waals surface area contributed by atoms with Crippen LogP contribution in [0.4, 0.5) is 5.69 Å². The summed E-state index contributed by atoms with van der Waals surface area (Å²) in [6.45, 7) is 2.02. The molecule has 1 heterocycles. The van der Waals surface area contributed by atoms with Crippen molar-refractivity contribution < 1.29 is 4.79 Å². The maximum absolute atomic E-state index is 12.1. The van der Waals surface area contributed by atoms with E-state index in [1.54, 1.807) is 31.3 Å². The molecule has 0 aliphatic carbocycles. The van der Waals surface area contributed by atoms with Gasteiger partial charge in [-0.1, -0.05) is 29.8 Å². The molecular formula is C19H21ClN4O. The molecule has 0 unspecified atom stereocenters. The van der Waals surface area contributed by atoms with E-state index in [-0.39, 0.29) is 5.91 Å². The molecule has 6 heteroatoms. The summed E-state index contributed by atoms with van der Waals surface area (Å²) in [7, 11) is 1.77. The number of hydrogen-bond donors (Lipinski definition) is 2. The molecule has 0 radical (unpaired) electrons. The van der Waals surface area contributed by atoms with E-state index in [1.807, 2.05) is 6.07 Å². The Morgan fingerprint density at radius 1 is 1.12 bits per heavy atom. The highest BCUT2D eigenvalue weighted by Gasteiger charge is 2.22. The van der Waals surface area contributed by atoms with Crippen molar-refractivity contribution in [3.8, 4) is 0 Å². The zero-order valence-electron chi connectivity index (χ0n) is 14.1. The summed E-state index contributed by atoms with van der Waals surface area (Å²) in [5.41, 5.74) is 3.13. The first-order valence-electron chi connectivity index (χ1n) is 8.29. The van der Waals surface area contributed by atoms with Gasteiger partial charge in [0, 0.05) is 43.0 Å². The number of guanidine groups is 1. The number of carbonyl (C=O) groups excluding carboxylic acids is 1. The van der Waals surface area contributed by atoms with Crippen LogP contribution >= 0.6 is 11.6 Å². The van der Waals surface area contributed by atoms with Crippen LogP contribution in [0.25, 0.3) is 0 Å². The third-order valence-electron chi connectivity index (χ3n) is 4.15. The lowest BCUT2D eigenvalue weighted by atomic mass is 10.2. The number of rotatable bonds is 4. The molecule has 2 aromatic carbocycles. The van der Waals surface area contributed by atoms with Crippen LogP contribution in [0.2, 0.25) is 5.02 Å². The molecular weight excluding hydrogens is 336 g/mol. The molecule has 0 bridgehead atoms. The maximum Gasteiger partial charge on any atom is 0.251 e. The van der Waals surface area contributed by atoms with Crippen molar-refractivity contribution in [2.45, 2.75) is 6.42 Å². The fourth-order valence-corrected chi connectivity index (χ4v) is 3.03. The first-order chi connectivity index (χ1) is 12.2. The Labute approximate surface area is 152 Å². The Bertz CT molecular complexity index is 773. The van der Waals surface area contributed by atoms with Crippen LogP contribution in [-0.2, 0) is 6.42 Å². The molecule has 1 aliphatic rings. The molecule has 130 valence electrons. The number of fused-ring (bicyclic) bond motifs is 1. The van der Waals surface area contributed by atoms with E-state index in [2.05, 4.69) is 38.7 Å². The molecule has 0 atom stereocenters. The molecule has 0 saturated carbocycles. The van der Waals surface area contributed by atoms with Gasteiger partial charge in [0.15, 0.2) is 5.96 Å². The molecule has 1 amide bonds. The quantitative estimate of drug-likeness (QED) is 0.503. The lowest BCUT2D eigenvalue weighted by Crippen LogP contribution is -2.43.